The maximum atomic E-state index is 12.3. The van der Waals surface area contributed by atoms with Gasteiger partial charge in [0.05, 0.1) is 17.5 Å². The molecule has 21 heavy (non-hydrogen) atoms. The van der Waals surface area contributed by atoms with E-state index in [1.54, 1.807) is 24.3 Å². The van der Waals surface area contributed by atoms with Gasteiger partial charge in [-0.25, -0.2) is 8.42 Å². The van der Waals surface area contributed by atoms with Gasteiger partial charge in [-0.05, 0) is 45.1 Å². The van der Waals surface area contributed by atoms with Gasteiger partial charge < -0.3 is 10.2 Å². The Morgan fingerprint density at radius 3 is 2.48 bits per heavy atom. The number of benzene rings is 1. The molecule has 2 rings (SSSR count). The summed E-state index contributed by atoms with van der Waals surface area (Å²) in [5.41, 5.74) is 0.660. The molecule has 0 saturated carbocycles. The van der Waals surface area contributed by atoms with Crippen LogP contribution in [0.5, 0.6) is 0 Å². The summed E-state index contributed by atoms with van der Waals surface area (Å²) in [6, 6.07) is 6.76. The maximum absolute atomic E-state index is 12.3. The second kappa shape index (κ2) is 6.44. The Bertz CT molecular complexity index is 608. The summed E-state index contributed by atoms with van der Waals surface area (Å²) in [5, 5.41) is 2.98. The van der Waals surface area contributed by atoms with Crippen LogP contribution in [0.4, 0.5) is 5.69 Å². The molecule has 116 valence electrons. The number of anilines is 1. The Morgan fingerprint density at radius 2 is 1.86 bits per heavy atom. The average molecular weight is 311 g/mol. The average Bonchev–Trinajstić information content (AvgIpc) is 2.40. The van der Waals surface area contributed by atoms with Gasteiger partial charge in [-0.1, -0.05) is 12.1 Å². The summed E-state index contributed by atoms with van der Waals surface area (Å²) in [6.07, 6.45) is 2.88. The normalized spacial score (nSPS) is 17.4. The number of carbonyl (C=O) groups is 1. The fourth-order valence-electron chi connectivity index (χ4n) is 2.39. The number of nitrogens with one attached hydrogen (secondary N) is 2. The third-order valence-electron chi connectivity index (χ3n) is 3.52. The van der Waals surface area contributed by atoms with Crippen molar-refractivity contribution in [3.8, 4) is 0 Å². The molecule has 1 heterocycles. The number of hydrogen-bond acceptors (Lipinski definition) is 4. The van der Waals surface area contributed by atoms with Gasteiger partial charge in [0.15, 0.2) is 0 Å². The summed E-state index contributed by atoms with van der Waals surface area (Å²) in [4.78, 5) is 14.6. The number of likely N-dealkylation sites (tertiary alicyclic amines) is 1. The lowest BCUT2D eigenvalue weighted by molar-refractivity contribution is 0.0918. The van der Waals surface area contributed by atoms with E-state index in [1.165, 1.54) is 0 Å². The smallest absolute Gasteiger partial charge is 0.253 e. The second-order valence-electron chi connectivity index (χ2n) is 5.47. The lowest BCUT2D eigenvalue weighted by Gasteiger charge is -2.29. The molecule has 2 N–H and O–H groups in total. The van der Waals surface area contributed by atoms with Crippen LogP contribution in [0.3, 0.4) is 0 Å². The molecule has 1 saturated heterocycles. The summed E-state index contributed by atoms with van der Waals surface area (Å²) < 4.78 is 25.1. The number of piperidine rings is 1. The van der Waals surface area contributed by atoms with E-state index >= 15 is 0 Å². The Labute approximate surface area is 125 Å². The van der Waals surface area contributed by atoms with Crippen molar-refractivity contribution in [1.82, 2.24) is 10.2 Å². The van der Waals surface area contributed by atoms with Crippen LogP contribution in [-0.2, 0) is 10.0 Å². The van der Waals surface area contributed by atoms with Crippen LogP contribution in [-0.4, -0.2) is 51.7 Å². The van der Waals surface area contributed by atoms with E-state index in [0.717, 1.165) is 32.2 Å². The van der Waals surface area contributed by atoms with Crippen LogP contribution in [0, 0.1) is 0 Å². The summed E-state index contributed by atoms with van der Waals surface area (Å²) in [7, 11) is -1.35. The molecule has 1 aromatic rings. The number of hydrogen-bond donors (Lipinski definition) is 2. The van der Waals surface area contributed by atoms with Crippen molar-refractivity contribution >= 4 is 21.6 Å². The first kappa shape index (κ1) is 15.8. The Hall–Kier alpha value is -1.60. The van der Waals surface area contributed by atoms with Crippen LogP contribution < -0.4 is 10.0 Å². The van der Waals surface area contributed by atoms with E-state index in [-0.39, 0.29) is 11.9 Å². The third kappa shape index (κ3) is 4.71. The largest absolute Gasteiger partial charge is 0.349 e. The van der Waals surface area contributed by atoms with Crippen LogP contribution in [0.15, 0.2) is 24.3 Å². The highest BCUT2D eigenvalue weighted by Gasteiger charge is 2.20. The molecule has 0 atom stereocenters. The molecule has 1 aliphatic rings. The van der Waals surface area contributed by atoms with Gasteiger partial charge in [0, 0.05) is 6.04 Å². The minimum absolute atomic E-state index is 0.139. The van der Waals surface area contributed by atoms with Crippen LogP contribution in [0.25, 0.3) is 0 Å². The van der Waals surface area contributed by atoms with Crippen LogP contribution in [0.2, 0.25) is 0 Å². The number of sulfonamides is 1. The monoisotopic (exact) mass is 311 g/mol. The zero-order valence-corrected chi connectivity index (χ0v) is 13.1. The first-order valence-electron chi connectivity index (χ1n) is 6.91. The van der Waals surface area contributed by atoms with Crippen molar-refractivity contribution in [2.45, 2.75) is 18.9 Å². The van der Waals surface area contributed by atoms with Crippen molar-refractivity contribution in [3.05, 3.63) is 29.8 Å². The number of carbonyl (C=O) groups excluding carboxylic acids is 1. The highest BCUT2D eigenvalue weighted by Crippen LogP contribution is 2.17. The predicted molar refractivity (Wildman–Crippen MR) is 82.9 cm³/mol. The summed E-state index contributed by atoms with van der Waals surface area (Å²) in [6.45, 7) is 1.91. The molecule has 7 heteroatoms. The van der Waals surface area contributed by atoms with E-state index in [4.69, 9.17) is 0 Å². The first-order chi connectivity index (χ1) is 9.85. The molecular weight excluding hydrogens is 290 g/mol. The van der Waals surface area contributed by atoms with Crippen LogP contribution >= 0.6 is 0 Å². The van der Waals surface area contributed by atoms with Gasteiger partial charge in [-0.15, -0.1) is 0 Å². The topological polar surface area (TPSA) is 78.5 Å². The van der Waals surface area contributed by atoms with E-state index in [1.807, 2.05) is 0 Å². The zero-order chi connectivity index (χ0) is 15.5. The number of para-hydroxylation sites is 1. The number of rotatable bonds is 4. The molecule has 0 unspecified atom stereocenters. The zero-order valence-electron chi connectivity index (χ0n) is 12.3. The molecule has 1 aliphatic heterocycles. The molecule has 1 fully saturated rings. The van der Waals surface area contributed by atoms with E-state index in [2.05, 4.69) is 22.0 Å². The van der Waals surface area contributed by atoms with Crippen molar-refractivity contribution < 1.29 is 13.2 Å². The molecule has 1 amide bonds. The molecule has 0 aromatic heterocycles. The van der Waals surface area contributed by atoms with E-state index < -0.39 is 10.0 Å². The molecule has 6 nitrogen and oxygen atoms in total. The first-order valence-corrected chi connectivity index (χ1v) is 8.80. The maximum Gasteiger partial charge on any atom is 0.253 e. The minimum Gasteiger partial charge on any atom is -0.349 e. The van der Waals surface area contributed by atoms with Crippen LogP contribution in [0.1, 0.15) is 23.2 Å². The molecular formula is C14H21N3O3S. The Morgan fingerprint density at radius 1 is 1.24 bits per heavy atom. The highest BCUT2D eigenvalue weighted by molar-refractivity contribution is 7.92. The summed E-state index contributed by atoms with van der Waals surface area (Å²) in [5.74, 6) is -0.240. The molecule has 0 aliphatic carbocycles. The lowest BCUT2D eigenvalue weighted by atomic mass is 10.0. The van der Waals surface area contributed by atoms with Crippen molar-refractivity contribution in [3.63, 3.8) is 0 Å². The van der Waals surface area contributed by atoms with Gasteiger partial charge >= 0.3 is 0 Å². The lowest BCUT2D eigenvalue weighted by Crippen LogP contribution is -2.43. The van der Waals surface area contributed by atoms with E-state index in [9.17, 15) is 13.2 Å². The minimum atomic E-state index is -3.41. The molecule has 0 spiro atoms. The fourth-order valence-corrected chi connectivity index (χ4v) is 2.96. The quantitative estimate of drug-likeness (QED) is 0.865. The highest BCUT2D eigenvalue weighted by atomic mass is 32.2. The van der Waals surface area contributed by atoms with Gasteiger partial charge in [0.2, 0.25) is 10.0 Å². The van der Waals surface area contributed by atoms with Gasteiger partial charge in [0.1, 0.15) is 0 Å². The molecule has 0 radical (unpaired) electrons. The predicted octanol–water partition coefficient (Wildman–Crippen LogP) is 0.882. The van der Waals surface area contributed by atoms with Gasteiger partial charge in [0.25, 0.3) is 5.91 Å². The van der Waals surface area contributed by atoms with Crippen molar-refractivity contribution in [1.29, 1.82) is 0 Å². The summed E-state index contributed by atoms with van der Waals surface area (Å²) >= 11 is 0. The van der Waals surface area contributed by atoms with E-state index in [0.29, 0.717) is 11.3 Å². The van der Waals surface area contributed by atoms with Gasteiger partial charge in [-0.3, -0.25) is 9.52 Å². The van der Waals surface area contributed by atoms with Crippen molar-refractivity contribution in [2.24, 2.45) is 0 Å². The molecule has 1 aromatic carbocycles. The third-order valence-corrected chi connectivity index (χ3v) is 4.11. The molecule has 0 bridgehead atoms. The second-order valence-corrected chi connectivity index (χ2v) is 7.22. The Balaban J connectivity index is 2.09. The number of nitrogens with zero attached hydrogens (tertiary/aromatic N) is 1. The SMILES string of the molecule is CN1CCC(NC(=O)c2ccccc2NS(C)(=O)=O)CC1. The van der Waals surface area contributed by atoms with Gasteiger partial charge in [-0.2, -0.15) is 0 Å². The standard InChI is InChI=1S/C14H21N3O3S/c1-17-9-7-11(8-10-17)15-14(18)12-5-3-4-6-13(12)16-21(2,19)20/h3-6,11,16H,7-10H2,1-2H3,(H,15,18). The fraction of sp³-hybridized carbons (Fsp3) is 0.500. The number of amides is 1. The Kier molecular flexibility index (Phi) is 4.84. The van der Waals surface area contributed by atoms with Crippen molar-refractivity contribution in [2.75, 3.05) is 31.1 Å².